The molecule has 7 nitrogen and oxygen atoms in total. The second kappa shape index (κ2) is 10.7. The fourth-order valence-electron chi connectivity index (χ4n) is 4.73. The van der Waals surface area contributed by atoms with Gasteiger partial charge in [0, 0.05) is 71.3 Å². The normalized spacial score (nSPS) is 21.8. The van der Waals surface area contributed by atoms with Crippen molar-refractivity contribution in [2.75, 3.05) is 63.8 Å². The maximum atomic E-state index is 4.94. The van der Waals surface area contributed by atoms with E-state index in [9.17, 15) is 0 Å². The molecule has 0 radical (unpaired) electrons. The number of aliphatic imine (C=N–C) groups is 1. The van der Waals surface area contributed by atoms with E-state index in [0.29, 0.717) is 5.41 Å². The highest BCUT2D eigenvalue weighted by Gasteiger charge is 2.43. The summed E-state index contributed by atoms with van der Waals surface area (Å²) in [5, 5.41) is 3.51. The average Bonchev–Trinajstić information content (AvgIpc) is 3.18. The van der Waals surface area contributed by atoms with E-state index < -0.39 is 0 Å². The Morgan fingerprint density at radius 1 is 1.10 bits per heavy atom. The summed E-state index contributed by atoms with van der Waals surface area (Å²) in [7, 11) is 0. The molecule has 0 unspecified atom stereocenters. The maximum Gasteiger partial charge on any atom is 0.225 e. The molecule has 4 rings (SSSR count). The molecule has 1 saturated carbocycles. The molecule has 1 spiro atoms. The van der Waals surface area contributed by atoms with Crippen LogP contribution in [0.1, 0.15) is 39.0 Å². The summed E-state index contributed by atoms with van der Waals surface area (Å²) in [6, 6.07) is 1.87. The predicted octanol–water partition coefficient (Wildman–Crippen LogP) is 2.45. The third kappa shape index (κ3) is 5.71. The number of aromatic nitrogens is 2. The Balaban J connectivity index is 0.00000240. The Kier molecular flexibility index (Phi) is 8.35. The lowest BCUT2D eigenvalue weighted by atomic mass is 9.68. The number of piperazine rings is 1. The van der Waals surface area contributed by atoms with Crippen molar-refractivity contribution < 1.29 is 0 Å². The predicted molar refractivity (Wildman–Crippen MR) is 129 cm³/mol. The summed E-state index contributed by atoms with van der Waals surface area (Å²) in [6.07, 6.45) is 10.4. The minimum Gasteiger partial charge on any atom is -0.357 e. The largest absolute Gasteiger partial charge is 0.357 e. The first-order chi connectivity index (χ1) is 13.8. The molecule has 1 aliphatic carbocycles. The van der Waals surface area contributed by atoms with Gasteiger partial charge in [0.15, 0.2) is 5.96 Å². The molecule has 3 aliphatic rings. The quantitative estimate of drug-likeness (QED) is 0.273. The maximum absolute atomic E-state index is 4.94. The Bertz CT molecular complexity index is 642. The van der Waals surface area contributed by atoms with Gasteiger partial charge in [-0.2, -0.15) is 0 Å². The van der Waals surface area contributed by atoms with Crippen molar-refractivity contribution in [1.82, 2.24) is 25.1 Å². The zero-order chi connectivity index (χ0) is 19.2. The van der Waals surface area contributed by atoms with Crippen LogP contribution in [0.25, 0.3) is 0 Å². The monoisotopic (exact) mass is 513 g/mol. The van der Waals surface area contributed by atoms with Gasteiger partial charge in [0.05, 0.1) is 0 Å². The van der Waals surface area contributed by atoms with E-state index >= 15 is 0 Å². The van der Waals surface area contributed by atoms with Gasteiger partial charge in [-0.15, -0.1) is 24.0 Å². The third-order valence-corrected chi connectivity index (χ3v) is 6.59. The van der Waals surface area contributed by atoms with Crippen molar-refractivity contribution in [3.8, 4) is 0 Å². The smallest absolute Gasteiger partial charge is 0.225 e. The summed E-state index contributed by atoms with van der Waals surface area (Å²) < 4.78 is 0. The summed E-state index contributed by atoms with van der Waals surface area (Å²) in [5.74, 6) is 1.99. The van der Waals surface area contributed by atoms with Gasteiger partial charge in [0.2, 0.25) is 5.95 Å². The average molecular weight is 513 g/mol. The Morgan fingerprint density at radius 2 is 1.86 bits per heavy atom. The molecule has 2 aliphatic heterocycles. The van der Waals surface area contributed by atoms with Crippen LogP contribution in [-0.4, -0.2) is 84.6 Å². The molecule has 0 atom stereocenters. The summed E-state index contributed by atoms with van der Waals surface area (Å²) >= 11 is 0. The van der Waals surface area contributed by atoms with Crippen LogP contribution < -0.4 is 10.2 Å². The van der Waals surface area contributed by atoms with Crippen molar-refractivity contribution in [3.63, 3.8) is 0 Å². The molecule has 1 aromatic rings. The molecule has 162 valence electrons. The first kappa shape index (κ1) is 22.5. The Hall–Kier alpha value is -1.16. The summed E-state index contributed by atoms with van der Waals surface area (Å²) in [5.41, 5.74) is 0.623. The molecular formula is C21H36IN7. The van der Waals surface area contributed by atoms with Gasteiger partial charge in [0.25, 0.3) is 0 Å². The number of halogens is 1. The molecule has 0 amide bonds. The van der Waals surface area contributed by atoms with Crippen molar-refractivity contribution in [2.45, 2.75) is 39.0 Å². The molecule has 0 bridgehead atoms. The van der Waals surface area contributed by atoms with Crippen LogP contribution in [0.3, 0.4) is 0 Å². The molecule has 1 N–H and O–H groups in total. The molecular weight excluding hydrogens is 477 g/mol. The van der Waals surface area contributed by atoms with Crippen LogP contribution in [-0.2, 0) is 0 Å². The molecule has 8 heteroatoms. The molecule has 29 heavy (non-hydrogen) atoms. The highest BCUT2D eigenvalue weighted by atomic mass is 127. The fourth-order valence-corrected chi connectivity index (χ4v) is 4.73. The number of hydrogen-bond acceptors (Lipinski definition) is 5. The van der Waals surface area contributed by atoms with E-state index in [1.54, 1.807) is 0 Å². The van der Waals surface area contributed by atoms with Crippen molar-refractivity contribution in [1.29, 1.82) is 0 Å². The van der Waals surface area contributed by atoms with Crippen LogP contribution in [0.2, 0.25) is 0 Å². The van der Waals surface area contributed by atoms with E-state index in [-0.39, 0.29) is 24.0 Å². The van der Waals surface area contributed by atoms with Gasteiger partial charge >= 0.3 is 0 Å². The van der Waals surface area contributed by atoms with Crippen LogP contribution in [0.5, 0.6) is 0 Å². The van der Waals surface area contributed by atoms with Crippen molar-refractivity contribution >= 4 is 35.9 Å². The molecule has 0 aromatic carbocycles. The number of hydrogen-bond donors (Lipinski definition) is 1. The number of guanidine groups is 1. The highest BCUT2D eigenvalue weighted by molar-refractivity contribution is 14.0. The Morgan fingerprint density at radius 3 is 2.48 bits per heavy atom. The SMILES string of the molecule is CCNC(=NCCCN1CCN(c2ncccn2)CC1)N1CCC2(CCC2)C1.I. The van der Waals surface area contributed by atoms with Crippen LogP contribution in [0.15, 0.2) is 23.5 Å². The van der Waals surface area contributed by atoms with E-state index in [1.807, 2.05) is 18.5 Å². The van der Waals surface area contributed by atoms with E-state index in [1.165, 1.54) is 38.8 Å². The number of nitrogens with one attached hydrogen (secondary N) is 1. The zero-order valence-electron chi connectivity index (χ0n) is 17.7. The minimum absolute atomic E-state index is 0. The Labute approximate surface area is 192 Å². The van der Waals surface area contributed by atoms with Crippen LogP contribution in [0, 0.1) is 5.41 Å². The van der Waals surface area contributed by atoms with Gasteiger partial charge < -0.3 is 15.1 Å². The summed E-state index contributed by atoms with van der Waals surface area (Å²) in [6.45, 7) is 11.7. The second-order valence-electron chi connectivity index (χ2n) is 8.49. The van der Waals surface area contributed by atoms with Crippen LogP contribution in [0.4, 0.5) is 5.95 Å². The zero-order valence-corrected chi connectivity index (χ0v) is 20.1. The standard InChI is InChI=1S/C21H35N7.HI/c1-2-22-19(28-13-8-21(18-28)6-3-7-21)25-11-5-12-26-14-16-27(17-15-26)20-23-9-4-10-24-20;/h4,9-10H,2-3,5-8,11-18H2,1H3,(H,22,25);1H. The lowest BCUT2D eigenvalue weighted by Gasteiger charge is -2.38. The van der Waals surface area contributed by atoms with Gasteiger partial charge in [-0.1, -0.05) is 6.42 Å². The molecule has 1 aromatic heterocycles. The van der Waals surface area contributed by atoms with E-state index in [2.05, 4.69) is 36.9 Å². The topological polar surface area (TPSA) is 59.9 Å². The number of rotatable bonds is 6. The lowest BCUT2D eigenvalue weighted by Crippen LogP contribution is -2.47. The summed E-state index contributed by atoms with van der Waals surface area (Å²) in [4.78, 5) is 21.0. The molecule has 3 fully saturated rings. The van der Waals surface area contributed by atoms with Gasteiger partial charge in [-0.05, 0) is 44.1 Å². The highest BCUT2D eigenvalue weighted by Crippen LogP contribution is 2.47. The van der Waals surface area contributed by atoms with Crippen LogP contribution >= 0.6 is 24.0 Å². The van der Waals surface area contributed by atoms with Gasteiger partial charge in [-0.25, -0.2) is 9.97 Å². The van der Waals surface area contributed by atoms with E-state index in [4.69, 9.17) is 4.99 Å². The minimum atomic E-state index is 0. The van der Waals surface area contributed by atoms with Crippen molar-refractivity contribution in [3.05, 3.63) is 18.5 Å². The second-order valence-corrected chi connectivity index (χ2v) is 8.49. The van der Waals surface area contributed by atoms with Gasteiger partial charge in [-0.3, -0.25) is 9.89 Å². The molecule has 2 saturated heterocycles. The molecule has 3 heterocycles. The lowest BCUT2D eigenvalue weighted by molar-refractivity contribution is 0.151. The number of nitrogens with zero attached hydrogens (tertiary/aromatic N) is 6. The van der Waals surface area contributed by atoms with Crippen molar-refractivity contribution in [2.24, 2.45) is 10.4 Å². The first-order valence-corrected chi connectivity index (χ1v) is 11.1. The number of likely N-dealkylation sites (tertiary alicyclic amines) is 1. The van der Waals surface area contributed by atoms with Gasteiger partial charge in [0.1, 0.15) is 0 Å². The fraction of sp³-hybridized carbons (Fsp3) is 0.762. The third-order valence-electron chi connectivity index (χ3n) is 6.59. The first-order valence-electron chi connectivity index (χ1n) is 11.1. The number of anilines is 1. The van der Waals surface area contributed by atoms with E-state index in [0.717, 1.165) is 64.1 Å².